The third-order valence-corrected chi connectivity index (χ3v) is 4.54. The van der Waals surface area contributed by atoms with E-state index in [1.807, 2.05) is 0 Å². The molecule has 1 aromatic carbocycles. The van der Waals surface area contributed by atoms with Crippen LogP contribution in [0, 0.1) is 0 Å². The lowest BCUT2D eigenvalue weighted by atomic mass is 10.4. The van der Waals surface area contributed by atoms with Gasteiger partial charge in [-0.05, 0) is 36.4 Å². The normalized spacial score (nSPS) is 11.4. The minimum absolute atomic E-state index is 0.0529. The Balaban J connectivity index is 2.36. The van der Waals surface area contributed by atoms with Gasteiger partial charge in [0.1, 0.15) is 0 Å². The Morgan fingerprint density at radius 1 is 1.11 bits per heavy atom. The van der Waals surface area contributed by atoms with E-state index in [0.29, 0.717) is 0 Å². The van der Waals surface area contributed by atoms with Gasteiger partial charge in [-0.25, -0.2) is 13.4 Å². The second-order valence-electron chi connectivity index (χ2n) is 3.39. The zero-order chi connectivity index (χ0) is 13.0. The van der Waals surface area contributed by atoms with Crippen molar-refractivity contribution in [2.24, 2.45) is 0 Å². The van der Waals surface area contributed by atoms with E-state index in [2.05, 4.69) is 4.98 Å². The second kappa shape index (κ2) is 5.51. The van der Waals surface area contributed by atoms with E-state index in [1.165, 1.54) is 24.3 Å². The van der Waals surface area contributed by atoms with Crippen molar-refractivity contribution < 1.29 is 12.6 Å². The molecule has 4 nitrogen and oxygen atoms in total. The molecule has 2 aromatic rings. The highest BCUT2D eigenvalue weighted by atomic mass is 32.2. The molecule has 0 aliphatic rings. The number of pyridine rings is 1. The van der Waals surface area contributed by atoms with Gasteiger partial charge in [0.2, 0.25) is 9.84 Å². The zero-order valence-corrected chi connectivity index (χ0v) is 11.2. The van der Waals surface area contributed by atoms with Crippen molar-refractivity contribution in [3.8, 4) is 0 Å². The Hall–Kier alpha value is -1.37. The van der Waals surface area contributed by atoms with Crippen LogP contribution in [0.2, 0.25) is 0 Å². The summed E-state index contributed by atoms with van der Waals surface area (Å²) < 4.78 is 29.3. The Morgan fingerprint density at radius 2 is 1.83 bits per heavy atom. The smallest absolute Gasteiger partial charge is 0.223 e. The molecule has 18 heavy (non-hydrogen) atoms. The topological polar surface area (TPSA) is 56.3 Å². The SMILES string of the molecule is COSc1ccc(S(=O)(=O)c2ccccn2)cc1. The Bertz CT molecular complexity index is 610. The van der Waals surface area contributed by atoms with Crippen LogP contribution in [0.3, 0.4) is 0 Å². The van der Waals surface area contributed by atoms with Gasteiger partial charge in [0.25, 0.3) is 0 Å². The van der Waals surface area contributed by atoms with Crippen LogP contribution >= 0.6 is 12.0 Å². The molecule has 94 valence electrons. The molecule has 0 saturated heterocycles. The van der Waals surface area contributed by atoms with Crippen molar-refractivity contribution in [2.75, 3.05) is 7.11 Å². The maximum atomic E-state index is 12.2. The van der Waals surface area contributed by atoms with E-state index in [1.54, 1.807) is 43.5 Å². The van der Waals surface area contributed by atoms with Crippen LogP contribution in [-0.2, 0) is 14.0 Å². The van der Waals surface area contributed by atoms with Crippen molar-refractivity contribution >= 4 is 21.9 Å². The third kappa shape index (κ3) is 2.72. The monoisotopic (exact) mass is 281 g/mol. The predicted octanol–water partition coefficient (Wildman–Crippen LogP) is 2.57. The van der Waals surface area contributed by atoms with E-state index in [4.69, 9.17) is 4.18 Å². The molecule has 0 radical (unpaired) electrons. The molecule has 0 spiro atoms. The molecule has 0 unspecified atom stereocenters. The van der Waals surface area contributed by atoms with Gasteiger partial charge in [0.05, 0.1) is 12.0 Å². The summed E-state index contributed by atoms with van der Waals surface area (Å²) in [6.45, 7) is 0. The van der Waals surface area contributed by atoms with Gasteiger partial charge in [-0.2, -0.15) is 0 Å². The lowest BCUT2D eigenvalue weighted by molar-refractivity contribution is 0.490. The van der Waals surface area contributed by atoms with Crippen LogP contribution in [0.1, 0.15) is 0 Å². The maximum absolute atomic E-state index is 12.2. The van der Waals surface area contributed by atoms with Crippen LogP contribution in [0.4, 0.5) is 0 Å². The van der Waals surface area contributed by atoms with E-state index in [9.17, 15) is 8.42 Å². The number of benzene rings is 1. The summed E-state index contributed by atoms with van der Waals surface area (Å²) in [6.07, 6.45) is 1.46. The van der Waals surface area contributed by atoms with Crippen molar-refractivity contribution in [3.05, 3.63) is 48.7 Å². The average Bonchev–Trinajstić information content (AvgIpc) is 2.41. The predicted molar refractivity (Wildman–Crippen MR) is 69.0 cm³/mol. The number of sulfone groups is 1. The van der Waals surface area contributed by atoms with Crippen molar-refractivity contribution in [2.45, 2.75) is 14.8 Å². The van der Waals surface area contributed by atoms with Crippen molar-refractivity contribution in [1.82, 2.24) is 4.98 Å². The quantitative estimate of drug-likeness (QED) is 0.806. The fourth-order valence-electron chi connectivity index (χ4n) is 1.40. The van der Waals surface area contributed by atoms with E-state index in [0.717, 1.165) is 4.90 Å². The average molecular weight is 281 g/mol. The Morgan fingerprint density at radius 3 is 2.39 bits per heavy atom. The zero-order valence-electron chi connectivity index (χ0n) is 9.61. The first-order valence-corrected chi connectivity index (χ1v) is 7.34. The largest absolute Gasteiger partial charge is 0.314 e. The molecule has 2 rings (SSSR count). The van der Waals surface area contributed by atoms with Gasteiger partial charge in [-0.15, -0.1) is 0 Å². The highest BCUT2D eigenvalue weighted by Crippen LogP contribution is 2.23. The standard InChI is InChI=1S/C12H11NO3S2/c1-16-17-10-5-7-11(8-6-10)18(14,15)12-4-2-3-9-13-12/h2-9H,1H3. The molecule has 0 N–H and O–H groups in total. The van der Waals surface area contributed by atoms with Crippen LogP contribution in [0.5, 0.6) is 0 Å². The summed E-state index contributed by atoms with van der Waals surface area (Å²) in [6, 6.07) is 11.3. The van der Waals surface area contributed by atoms with Gasteiger partial charge < -0.3 is 4.18 Å². The van der Waals surface area contributed by atoms with Crippen LogP contribution in [-0.4, -0.2) is 20.5 Å². The number of nitrogens with zero attached hydrogens (tertiary/aromatic N) is 1. The van der Waals surface area contributed by atoms with Crippen LogP contribution in [0.15, 0.2) is 63.5 Å². The third-order valence-electron chi connectivity index (χ3n) is 2.23. The summed E-state index contributed by atoms with van der Waals surface area (Å²) in [5, 5.41) is 0.0529. The van der Waals surface area contributed by atoms with Gasteiger partial charge in [-0.3, -0.25) is 0 Å². The summed E-state index contributed by atoms with van der Waals surface area (Å²) in [5.74, 6) is 0. The van der Waals surface area contributed by atoms with Crippen molar-refractivity contribution in [3.63, 3.8) is 0 Å². The second-order valence-corrected chi connectivity index (χ2v) is 6.26. The number of hydrogen-bond acceptors (Lipinski definition) is 5. The van der Waals surface area contributed by atoms with E-state index >= 15 is 0 Å². The lowest BCUT2D eigenvalue weighted by Crippen LogP contribution is -2.03. The molecule has 1 heterocycles. The van der Waals surface area contributed by atoms with E-state index < -0.39 is 9.84 Å². The first-order chi connectivity index (χ1) is 8.64. The number of hydrogen-bond donors (Lipinski definition) is 0. The number of aromatic nitrogens is 1. The van der Waals surface area contributed by atoms with Gasteiger partial charge in [0.15, 0.2) is 5.03 Å². The molecule has 0 saturated carbocycles. The Labute approximate surface area is 110 Å². The summed E-state index contributed by atoms with van der Waals surface area (Å²) in [7, 11) is -1.97. The van der Waals surface area contributed by atoms with Crippen LogP contribution < -0.4 is 0 Å². The molecule has 0 atom stereocenters. The first kappa shape index (κ1) is 13.1. The minimum Gasteiger partial charge on any atom is -0.314 e. The molecule has 6 heteroatoms. The Kier molecular flexibility index (Phi) is 4.00. The fourth-order valence-corrected chi connectivity index (χ4v) is 3.03. The molecule has 0 fully saturated rings. The highest BCUT2D eigenvalue weighted by Gasteiger charge is 2.18. The summed E-state index contributed by atoms with van der Waals surface area (Å²) in [4.78, 5) is 4.94. The van der Waals surface area contributed by atoms with Gasteiger partial charge in [0, 0.05) is 23.1 Å². The molecule has 0 bridgehead atoms. The van der Waals surface area contributed by atoms with E-state index in [-0.39, 0.29) is 9.92 Å². The number of rotatable bonds is 4. The van der Waals surface area contributed by atoms with Gasteiger partial charge in [-0.1, -0.05) is 6.07 Å². The minimum atomic E-state index is -3.53. The molecule has 0 aliphatic heterocycles. The fraction of sp³-hybridized carbons (Fsp3) is 0.0833. The maximum Gasteiger partial charge on any atom is 0.223 e. The summed E-state index contributed by atoms with van der Waals surface area (Å²) >= 11 is 1.18. The van der Waals surface area contributed by atoms with Crippen LogP contribution in [0.25, 0.3) is 0 Å². The molecular weight excluding hydrogens is 270 g/mol. The molecular formula is C12H11NO3S2. The first-order valence-electron chi connectivity index (χ1n) is 5.11. The van der Waals surface area contributed by atoms with Crippen molar-refractivity contribution in [1.29, 1.82) is 0 Å². The lowest BCUT2D eigenvalue weighted by Gasteiger charge is -2.04. The molecule has 1 aromatic heterocycles. The summed E-state index contributed by atoms with van der Waals surface area (Å²) in [5.41, 5.74) is 0. The highest BCUT2D eigenvalue weighted by molar-refractivity contribution is 7.94. The molecule has 0 aliphatic carbocycles. The molecule has 0 amide bonds. The van der Waals surface area contributed by atoms with Gasteiger partial charge >= 0.3 is 0 Å².